The number of hydrogen-bond donors (Lipinski definition) is 0. The zero-order valence-electron chi connectivity index (χ0n) is 10.5. The fourth-order valence-corrected chi connectivity index (χ4v) is 1.80. The molecular formula is C13H17BrO3. The standard InChI is InChI=1S/C13H17BrO3/c1-13(2,3)17-12(15)11-6-5-10(16-4)7-9(11)8-14/h5-7H,8H2,1-4H3. The minimum absolute atomic E-state index is 0.311. The maximum Gasteiger partial charge on any atom is 0.338 e. The van der Waals surface area contributed by atoms with E-state index in [0.29, 0.717) is 10.9 Å². The maximum absolute atomic E-state index is 12.0. The van der Waals surface area contributed by atoms with Gasteiger partial charge in [0.15, 0.2) is 0 Å². The lowest BCUT2D eigenvalue weighted by atomic mass is 10.1. The Balaban J connectivity index is 3.01. The number of carbonyl (C=O) groups is 1. The molecule has 0 heterocycles. The van der Waals surface area contributed by atoms with Gasteiger partial charge in [-0.3, -0.25) is 0 Å². The Morgan fingerprint density at radius 1 is 1.35 bits per heavy atom. The highest BCUT2D eigenvalue weighted by molar-refractivity contribution is 9.08. The van der Waals surface area contributed by atoms with E-state index in [1.165, 1.54) is 0 Å². The molecule has 3 nitrogen and oxygen atoms in total. The van der Waals surface area contributed by atoms with Gasteiger partial charge in [-0.05, 0) is 44.5 Å². The molecule has 0 aliphatic heterocycles. The van der Waals surface area contributed by atoms with Gasteiger partial charge in [-0.1, -0.05) is 15.9 Å². The average molecular weight is 301 g/mol. The van der Waals surface area contributed by atoms with Crippen LogP contribution in [0.2, 0.25) is 0 Å². The normalized spacial score (nSPS) is 11.1. The van der Waals surface area contributed by atoms with E-state index >= 15 is 0 Å². The Hall–Kier alpha value is -1.03. The first kappa shape index (κ1) is 14.0. The number of esters is 1. The van der Waals surface area contributed by atoms with Gasteiger partial charge in [0.2, 0.25) is 0 Å². The van der Waals surface area contributed by atoms with Gasteiger partial charge in [-0.25, -0.2) is 4.79 Å². The number of ether oxygens (including phenoxy) is 2. The summed E-state index contributed by atoms with van der Waals surface area (Å²) in [7, 11) is 1.60. The predicted octanol–water partition coefficient (Wildman–Crippen LogP) is 3.55. The lowest BCUT2D eigenvalue weighted by Crippen LogP contribution is -2.24. The third-order valence-corrected chi connectivity index (χ3v) is 2.68. The van der Waals surface area contributed by atoms with Gasteiger partial charge < -0.3 is 9.47 Å². The number of rotatable bonds is 3. The van der Waals surface area contributed by atoms with E-state index in [1.807, 2.05) is 26.8 Å². The molecule has 0 aromatic heterocycles. The monoisotopic (exact) mass is 300 g/mol. The van der Waals surface area contributed by atoms with Crippen molar-refractivity contribution in [2.24, 2.45) is 0 Å². The van der Waals surface area contributed by atoms with Gasteiger partial charge in [0.1, 0.15) is 11.4 Å². The maximum atomic E-state index is 12.0. The van der Waals surface area contributed by atoms with Crippen molar-refractivity contribution in [2.45, 2.75) is 31.7 Å². The van der Waals surface area contributed by atoms with E-state index in [2.05, 4.69) is 15.9 Å². The third-order valence-electron chi connectivity index (χ3n) is 2.08. The van der Waals surface area contributed by atoms with Crippen molar-refractivity contribution in [3.05, 3.63) is 29.3 Å². The van der Waals surface area contributed by atoms with Crippen LogP contribution in [0.15, 0.2) is 18.2 Å². The molecule has 0 unspecified atom stereocenters. The Morgan fingerprint density at radius 3 is 2.47 bits per heavy atom. The van der Waals surface area contributed by atoms with Crippen LogP contribution in [-0.2, 0) is 10.1 Å². The van der Waals surface area contributed by atoms with Crippen molar-refractivity contribution >= 4 is 21.9 Å². The molecule has 0 atom stereocenters. The van der Waals surface area contributed by atoms with Crippen molar-refractivity contribution in [1.82, 2.24) is 0 Å². The highest BCUT2D eigenvalue weighted by atomic mass is 79.9. The van der Waals surface area contributed by atoms with Gasteiger partial charge in [0.25, 0.3) is 0 Å². The van der Waals surface area contributed by atoms with E-state index in [1.54, 1.807) is 19.2 Å². The fraction of sp³-hybridized carbons (Fsp3) is 0.462. The zero-order chi connectivity index (χ0) is 13.1. The van der Waals surface area contributed by atoms with E-state index in [-0.39, 0.29) is 5.97 Å². The summed E-state index contributed by atoms with van der Waals surface area (Å²) in [6.45, 7) is 5.55. The molecule has 0 saturated heterocycles. The number of alkyl halides is 1. The Labute approximate surface area is 110 Å². The molecule has 0 spiro atoms. The summed E-state index contributed by atoms with van der Waals surface area (Å²) < 4.78 is 10.5. The van der Waals surface area contributed by atoms with Crippen LogP contribution in [0, 0.1) is 0 Å². The molecule has 94 valence electrons. The van der Waals surface area contributed by atoms with Crippen molar-refractivity contribution in [2.75, 3.05) is 7.11 Å². The topological polar surface area (TPSA) is 35.5 Å². The summed E-state index contributed by atoms with van der Waals surface area (Å²) >= 11 is 3.36. The van der Waals surface area contributed by atoms with Crippen LogP contribution in [-0.4, -0.2) is 18.7 Å². The van der Waals surface area contributed by atoms with Crippen molar-refractivity contribution in [3.8, 4) is 5.75 Å². The van der Waals surface area contributed by atoms with Crippen LogP contribution >= 0.6 is 15.9 Å². The minimum Gasteiger partial charge on any atom is -0.497 e. The fourth-order valence-electron chi connectivity index (χ4n) is 1.34. The van der Waals surface area contributed by atoms with Crippen LogP contribution in [0.3, 0.4) is 0 Å². The minimum atomic E-state index is -0.486. The first-order chi connectivity index (χ1) is 7.87. The molecule has 0 aliphatic carbocycles. The second-order valence-electron chi connectivity index (χ2n) is 4.66. The highest BCUT2D eigenvalue weighted by Gasteiger charge is 2.20. The van der Waals surface area contributed by atoms with Gasteiger partial charge in [-0.2, -0.15) is 0 Å². The summed E-state index contributed by atoms with van der Waals surface area (Å²) in [5.74, 6) is 0.418. The second-order valence-corrected chi connectivity index (χ2v) is 5.22. The van der Waals surface area contributed by atoms with Crippen LogP contribution in [0.25, 0.3) is 0 Å². The molecule has 0 radical (unpaired) electrons. The largest absolute Gasteiger partial charge is 0.497 e. The lowest BCUT2D eigenvalue weighted by molar-refractivity contribution is 0.00687. The molecule has 17 heavy (non-hydrogen) atoms. The van der Waals surface area contributed by atoms with Crippen molar-refractivity contribution in [1.29, 1.82) is 0 Å². The lowest BCUT2D eigenvalue weighted by Gasteiger charge is -2.20. The molecule has 0 fully saturated rings. The van der Waals surface area contributed by atoms with E-state index in [0.717, 1.165) is 11.3 Å². The Morgan fingerprint density at radius 2 is 2.00 bits per heavy atom. The quantitative estimate of drug-likeness (QED) is 0.632. The average Bonchev–Trinajstić information content (AvgIpc) is 2.25. The number of benzene rings is 1. The van der Waals surface area contributed by atoms with E-state index in [4.69, 9.17) is 9.47 Å². The summed E-state index contributed by atoms with van der Waals surface area (Å²) in [6, 6.07) is 5.31. The van der Waals surface area contributed by atoms with Gasteiger partial charge in [0.05, 0.1) is 12.7 Å². The molecular weight excluding hydrogens is 284 g/mol. The molecule has 0 saturated carbocycles. The SMILES string of the molecule is COc1ccc(C(=O)OC(C)(C)C)c(CBr)c1. The number of halogens is 1. The first-order valence-electron chi connectivity index (χ1n) is 5.33. The van der Waals surface area contributed by atoms with Crippen LogP contribution < -0.4 is 4.74 Å². The molecule has 0 bridgehead atoms. The second kappa shape index (κ2) is 5.54. The number of hydrogen-bond acceptors (Lipinski definition) is 3. The van der Waals surface area contributed by atoms with E-state index < -0.39 is 5.60 Å². The molecule has 1 aromatic rings. The Bertz CT molecular complexity index is 408. The third kappa shape index (κ3) is 4.04. The van der Waals surface area contributed by atoms with Gasteiger partial charge in [-0.15, -0.1) is 0 Å². The first-order valence-corrected chi connectivity index (χ1v) is 6.46. The molecule has 0 N–H and O–H groups in total. The molecule has 1 aromatic carbocycles. The van der Waals surface area contributed by atoms with Crippen molar-refractivity contribution in [3.63, 3.8) is 0 Å². The smallest absolute Gasteiger partial charge is 0.338 e. The summed E-state index contributed by atoms with van der Waals surface area (Å²) in [4.78, 5) is 12.0. The van der Waals surface area contributed by atoms with Crippen LogP contribution in [0.1, 0.15) is 36.7 Å². The highest BCUT2D eigenvalue weighted by Crippen LogP contribution is 2.22. The molecule has 0 aliphatic rings. The van der Waals surface area contributed by atoms with Gasteiger partial charge >= 0.3 is 5.97 Å². The van der Waals surface area contributed by atoms with Gasteiger partial charge in [0, 0.05) is 5.33 Å². The Kier molecular flexibility index (Phi) is 4.57. The number of methoxy groups -OCH3 is 1. The van der Waals surface area contributed by atoms with Crippen LogP contribution in [0.5, 0.6) is 5.75 Å². The van der Waals surface area contributed by atoms with Crippen molar-refractivity contribution < 1.29 is 14.3 Å². The predicted molar refractivity (Wildman–Crippen MR) is 70.8 cm³/mol. The van der Waals surface area contributed by atoms with E-state index in [9.17, 15) is 4.79 Å². The molecule has 1 rings (SSSR count). The summed E-state index contributed by atoms with van der Waals surface area (Å²) in [6.07, 6.45) is 0. The molecule has 4 heteroatoms. The zero-order valence-corrected chi connectivity index (χ0v) is 12.1. The summed E-state index contributed by atoms with van der Waals surface area (Å²) in [5.41, 5.74) is 0.942. The summed E-state index contributed by atoms with van der Waals surface area (Å²) in [5, 5.41) is 0.582. The number of carbonyl (C=O) groups excluding carboxylic acids is 1. The molecule has 0 amide bonds. The van der Waals surface area contributed by atoms with Crippen LogP contribution in [0.4, 0.5) is 0 Å².